The molecule has 1 aromatic carbocycles. The standard InChI is InChI=1S/C15H23N5/c1-11(2)8-9-12(3)16-14-6-5-7-15(10-14)20-13(4)17-18-19-20/h5-7,10-12,16H,8-9H2,1-4H3. The van der Waals surface area contributed by atoms with Gasteiger partial charge in [-0.25, -0.2) is 0 Å². The molecule has 0 fully saturated rings. The van der Waals surface area contributed by atoms with Crippen molar-refractivity contribution in [3.05, 3.63) is 30.1 Å². The van der Waals surface area contributed by atoms with E-state index in [1.165, 1.54) is 12.8 Å². The van der Waals surface area contributed by atoms with Crippen molar-refractivity contribution in [3.8, 4) is 5.69 Å². The second-order valence-corrected chi connectivity index (χ2v) is 5.70. The van der Waals surface area contributed by atoms with Crippen LogP contribution >= 0.6 is 0 Å². The van der Waals surface area contributed by atoms with Crippen LogP contribution in [-0.2, 0) is 0 Å². The molecule has 0 aliphatic heterocycles. The monoisotopic (exact) mass is 273 g/mol. The van der Waals surface area contributed by atoms with Gasteiger partial charge in [0.1, 0.15) is 0 Å². The number of aromatic nitrogens is 4. The number of nitrogens with zero attached hydrogens (tertiary/aromatic N) is 4. The number of rotatable bonds is 6. The lowest BCUT2D eigenvalue weighted by atomic mass is 10.0. The highest BCUT2D eigenvalue weighted by molar-refractivity contribution is 5.51. The Labute approximate surface area is 120 Å². The molecule has 5 heteroatoms. The minimum atomic E-state index is 0.461. The predicted molar refractivity (Wildman–Crippen MR) is 81.0 cm³/mol. The van der Waals surface area contributed by atoms with Crippen molar-refractivity contribution in [1.29, 1.82) is 0 Å². The van der Waals surface area contributed by atoms with Crippen LogP contribution in [0.15, 0.2) is 24.3 Å². The first-order chi connectivity index (χ1) is 9.56. The number of hydrogen-bond acceptors (Lipinski definition) is 4. The van der Waals surface area contributed by atoms with Crippen LogP contribution in [0.1, 0.15) is 39.4 Å². The Morgan fingerprint density at radius 1 is 1.20 bits per heavy atom. The van der Waals surface area contributed by atoms with Gasteiger partial charge in [0.15, 0.2) is 5.82 Å². The van der Waals surface area contributed by atoms with Crippen molar-refractivity contribution in [2.45, 2.75) is 46.6 Å². The first kappa shape index (κ1) is 14.5. The van der Waals surface area contributed by atoms with E-state index < -0.39 is 0 Å². The van der Waals surface area contributed by atoms with Gasteiger partial charge in [-0.15, -0.1) is 5.10 Å². The molecule has 0 aliphatic carbocycles. The largest absolute Gasteiger partial charge is 0.383 e. The molecule has 0 spiro atoms. The summed E-state index contributed by atoms with van der Waals surface area (Å²) in [6, 6.07) is 8.65. The third kappa shape index (κ3) is 3.79. The van der Waals surface area contributed by atoms with Crippen molar-refractivity contribution < 1.29 is 0 Å². The van der Waals surface area contributed by atoms with E-state index in [4.69, 9.17) is 0 Å². The number of anilines is 1. The van der Waals surface area contributed by atoms with Crippen LogP contribution in [0.2, 0.25) is 0 Å². The minimum Gasteiger partial charge on any atom is -0.383 e. The third-order valence-electron chi connectivity index (χ3n) is 3.31. The number of nitrogens with one attached hydrogen (secondary N) is 1. The predicted octanol–water partition coefficient (Wildman–Crippen LogP) is 3.21. The second-order valence-electron chi connectivity index (χ2n) is 5.70. The molecule has 1 unspecified atom stereocenters. The van der Waals surface area contributed by atoms with Crippen LogP contribution in [0.3, 0.4) is 0 Å². The quantitative estimate of drug-likeness (QED) is 0.878. The highest BCUT2D eigenvalue weighted by Crippen LogP contribution is 2.17. The summed E-state index contributed by atoms with van der Waals surface area (Å²) in [5, 5.41) is 15.1. The molecular formula is C15H23N5. The van der Waals surface area contributed by atoms with Gasteiger partial charge in [0, 0.05) is 11.7 Å². The van der Waals surface area contributed by atoms with Gasteiger partial charge in [0.05, 0.1) is 5.69 Å². The maximum absolute atomic E-state index is 3.99. The SMILES string of the molecule is Cc1nnnn1-c1cccc(NC(C)CCC(C)C)c1. The molecule has 5 nitrogen and oxygen atoms in total. The molecule has 0 saturated heterocycles. The van der Waals surface area contributed by atoms with Gasteiger partial charge < -0.3 is 5.32 Å². The van der Waals surface area contributed by atoms with E-state index in [9.17, 15) is 0 Å². The molecule has 0 bridgehead atoms. The maximum Gasteiger partial charge on any atom is 0.153 e. The fourth-order valence-corrected chi connectivity index (χ4v) is 2.14. The Balaban J connectivity index is 2.05. The molecule has 0 saturated carbocycles. The summed E-state index contributed by atoms with van der Waals surface area (Å²) in [7, 11) is 0. The lowest BCUT2D eigenvalue weighted by Crippen LogP contribution is -2.16. The van der Waals surface area contributed by atoms with Crippen molar-refractivity contribution in [3.63, 3.8) is 0 Å². The van der Waals surface area contributed by atoms with Crippen molar-refractivity contribution >= 4 is 5.69 Å². The Morgan fingerprint density at radius 3 is 2.65 bits per heavy atom. The fourth-order valence-electron chi connectivity index (χ4n) is 2.14. The van der Waals surface area contributed by atoms with Crippen LogP contribution in [0.5, 0.6) is 0 Å². The molecule has 1 aromatic heterocycles. The lowest BCUT2D eigenvalue weighted by molar-refractivity contribution is 0.527. The molecule has 2 aromatic rings. The van der Waals surface area contributed by atoms with Crippen LogP contribution in [0, 0.1) is 12.8 Å². The number of tetrazole rings is 1. The third-order valence-corrected chi connectivity index (χ3v) is 3.31. The zero-order valence-electron chi connectivity index (χ0n) is 12.7. The van der Waals surface area contributed by atoms with Gasteiger partial charge in [-0.2, -0.15) is 4.68 Å². The van der Waals surface area contributed by atoms with E-state index in [-0.39, 0.29) is 0 Å². The molecule has 108 valence electrons. The van der Waals surface area contributed by atoms with E-state index in [0.29, 0.717) is 6.04 Å². The summed E-state index contributed by atoms with van der Waals surface area (Å²) in [5.41, 5.74) is 2.09. The molecule has 2 rings (SSSR count). The topological polar surface area (TPSA) is 55.6 Å². The van der Waals surface area contributed by atoms with E-state index in [2.05, 4.69) is 53.7 Å². The minimum absolute atomic E-state index is 0.461. The molecule has 1 heterocycles. The van der Waals surface area contributed by atoms with Gasteiger partial charge >= 0.3 is 0 Å². The van der Waals surface area contributed by atoms with Crippen molar-refractivity contribution in [1.82, 2.24) is 20.2 Å². The van der Waals surface area contributed by atoms with Gasteiger partial charge in [-0.3, -0.25) is 0 Å². The van der Waals surface area contributed by atoms with Crippen LogP contribution in [-0.4, -0.2) is 26.2 Å². The highest BCUT2D eigenvalue weighted by Gasteiger charge is 2.07. The fraction of sp³-hybridized carbons (Fsp3) is 0.533. The van der Waals surface area contributed by atoms with E-state index in [1.54, 1.807) is 4.68 Å². The Kier molecular flexibility index (Phi) is 4.71. The Morgan fingerprint density at radius 2 is 2.00 bits per heavy atom. The molecule has 0 radical (unpaired) electrons. The Bertz CT molecular complexity index is 547. The van der Waals surface area contributed by atoms with Crippen LogP contribution in [0.4, 0.5) is 5.69 Å². The summed E-state index contributed by atoms with van der Waals surface area (Å²) in [4.78, 5) is 0. The molecule has 0 aliphatic rings. The van der Waals surface area contributed by atoms with E-state index in [1.807, 2.05) is 19.1 Å². The summed E-state index contributed by atoms with van der Waals surface area (Å²) in [5.74, 6) is 1.53. The second kappa shape index (κ2) is 6.50. The molecule has 0 amide bonds. The summed E-state index contributed by atoms with van der Waals surface area (Å²) < 4.78 is 1.74. The van der Waals surface area contributed by atoms with Crippen molar-refractivity contribution in [2.75, 3.05) is 5.32 Å². The summed E-state index contributed by atoms with van der Waals surface area (Å²) >= 11 is 0. The first-order valence-electron chi connectivity index (χ1n) is 7.18. The first-order valence-corrected chi connectivity index (χ1v) is 7.18. The lowest BCUT2D eigenvalue weighted by Gasteiger charge is -2.17. The smallest absolute Gasteiger partial charge is 0.153 e. The normalized spacial score (nSPS) is 12.7. The number of hydrogen-bond donors (Lipinski definition) is 1. The zero-order valence-corrected chi connectivity index (χ0v) is 12.7. The van der Waals surface area contributed by atoms with Gasteiger partial charge in [0.2, 0.25) is 0 Å². The van der Waals surface area contributed by atoms with Gasteiger partial charge in [0.25, 0.3) is 0 Å². The van der Waals surface area contributed by atoms with Crippen LogP contribution < -0.4 is 5.32 Å². The summed E-state index contributed by atoms with van der Waals surface area (Å²) in [6.07, 6.45) is 2.41. The summed E-state index contributed by atoms with van der Waals surface area (Å²) in [6.45, 7) is 8.63. The van der Waals surface area contributed by atoms with Crippen molar-refractivity contribution in [2.24, 2.45) is 5.92 Å². The highest BCUT2D eigenvalue weighted by atomic mass is 15.5. The Hall–Kier alpha value is -1.91. The van der Waals surface area contributed by atoms with E-state index in [0.717, 1.165) is 23.1 Å². The number of benzene rings is 1. The average Bonchev–Trinajstić information content (AvgIpc) is 2.83. The molecule has 20 heavy (non-hydrogen) atoms. The maximum atomic E-state index is 3.99. The zero-order chi connectivity index (χ0) is 14.5. The number of aryl methyl sites for hydroxylation is 1. The van der Waals surface area contributed by atoms with Gasteiger partial charge in [-0.05, 0) is 61.2 Å². The molecule has 1 N–H and O–H groups in total. The average molecular weight is 273 g/mol. The molecule has 1 atom stereocenters. The molecular weight excluding hydrogens is 250 g/mol. The van der Waals surface area contributed by atoms with E-state index >= 15 is 0 Å². The van der Waals surface area contributed by atoms with Crippen LogP contribution in [0.25, 0.3) is 5.69 Å². The van der Waals surface area contributed by atoms with Gasteiger partial charge in [-0.1, -0.05) is 19.9 Å².